The van der Waals surface area contributed by atoms with Gasteiger partial charge in [0.2, 0.25) is 0 Å². The van der Waals surface area contributed by atoms with E-state index in [1.54, 1.807) is 6.07 Å². The van der Waals surface area contributed by atoms with Gasteiger partial charge in [-0.25, -0.2) is 4.39 Å². The SMILES string of the molecule is Cc1c(Cc2ccc(C(=O)NCC3CCCO3)c(F)c2)cc(C(=O)NC2CCOCC2)c2c1CCO2. The minimum Gasteiger partial charge on any atom is -0.492 e. The molecule has 3 aliphatic heterocycles. The fraction of sp³-hybridized carbons (Fsp3) is 0.500. The van der Waals surface area contributed by atoms with E-state index in [1.807, 2.05) is 13.0 Å². The van der Waals surface area contributed by atoms with Crippen LogP contribution >= 0.6 is 0 Å². The summed E-state index contributed by atoms with van der Waals surface area (Å²) in [7, 11) is 0. The Morgan fingerprint density at radius 2 is 1.86 bits per heavy atom. The Hall–Kier alpha value is -2.97. The van der Waals surface area contributed by atoms with Crippen molar-refractivity contribution in [3.63, 3.8) is 0 Å². The van der Waals surface area contributed by atoms with Crippen molar-refractivity contribution in [1.82, 2.24) is 10.6 Å². The summed E-state index contributed by atoms with van der Waals surface area (Å²) >= 11 is 0. The number of carbonyl (C=O) groups excluding carboxylic acids is 2. The summed E-state index contributed by atoms with van der Waals surface area (Å²) in [5.41, 5.74) is 4.33. The monoisotopic (exact) mass is 496 g/mol. The highest BCUT2D eigenvalue weighted by Crippen LogP contribution is 2.35. The maximum Gasteiger partial charge on any atom is 0.255 e. The molecule has 0 saturated carbocycles. The van der Waals surface area contributed by atoms with Gasteiger partial charge in [0, 0.05) is 44.4 Å². The van der Waals surface area contributed by atoms with E-state index in [2.05, 4.69) is 10.6 Å². The maximum atomic E-state index is 14.9. The van der Waals surface area contributed by atoms with E-state index in [9.17, 15) is 14.0 Å². The molecule has 5 rings (SSSR count). The van der Waals surface area contributed by atoms with Gasteiger partial charge in [-0.1, -0.05) is 6.07 Å². The fourth-order valence-electron chi connectivity index (χ4n) is 5.23. The molecule has 0 spiro atoms. The van der Waals surface area contributed by atoms with Gasteiger partial charge in [-0.2, -0.15) is 0 Å². The number of hydrogen-bond donors (Lipinski definition) is 2. The number of carbonyl (C=O) groups is 2. The lowest BCUT2D eigenvalue weighted by atomic mass is 9.92. The van der Waals surface area contributed by atoms with Crippen molar-refractivity contribution < 1.29 is 28.2 Å². The predicted octanol–water partition coefficient (Wildman–Crippen LogP) is 3.48. The zero-order valence-electron chi connectivity index (χ0n) is 20.7. The summed E-state index contributed by atoms with van der Waals surface area (Å²) in [5, 5.41) is 5.90. The lowest BCUT2D eigenvalue weighted by Crippen LogP contribution is -2.39. The van der Waals surface area contributed by atoms with Crippen LogP contribution in [0.2, 0.25) is 0 Å². The molecule has 2 amide bonds. The largest absolute Gasteiger partial charge is 0.492 e. The first-order valence-corrected chi connectivity index (χ1v) is 12.8. The second-order valence-electron chi connectivity index (χ2n) is 9.81. The molecule has 2 N–H and O–H groups in total. The van der Waals surface area contributed by atoms with Crippen molar-refractivity contribution >= 4 is 11.8 Å². The number of halogens is 1. The van der Waals surface area contributed by atoms with Gasteiger partial charge >= 0.3 is 0 Å². The first kappa shape index (κ1) is 24.7. The Balaban J connectivity index is 1.32. The molecule has 2 aromatic carbocycles. The quantitative estimate of drug-likeness (QED) is 0.613. The Morgan fingerprint density at radius 1 is 1.03 bits per heavy atom. The van der Waals surface area contributed by atoms with E-state index >= 15 is 0 Å². The Bertz CT molecular complexity index is 1140. The van der Waals surface area contributed by atoms with Crippen LogP contribution in [-0.4, -0.2) is 56.9 Å². The third kappa shape index (κ3) is 5.39. The van der Waals surface area contributed by atoms with Crippen LogP contribution in [0.3, 0.4) is 0 Å². The van der Waals surface area contributed by atoms with Gasteiger partial charge in [-0.05, 0) is 73.9 Å². The summed E-state index contributed by atoms with van der Waals surface area (Å²) in [6.07, 6.45) is 4.66. The molecule has 0 bridgehead atoms. The van der Waals surface area contributed by atoms with Crippen molar-refractivity contribution in [2.45, 2.75) is 57.6 Å². The molecule has 1 atom stereocenters. The number of benzene rings is 2. The van der Waals surface area contributed by atoms with Crippen LogP contribution in [-0.2, 0) is 22.3 Å². The number of ether oxygens (including phenoxy) is 3. The number of fused-ring (bicyclic) bond motifs is 1. The second kappa shape index (κ2) is 11.0. The highest BCUT2D eigenvalue weighted by Gasteiger charge is 2.27. The van der Waals surface area contributed by atoms with Gasteiger partial charge in [0.25, 0.3) is 11.8 Å². The van der Waals surface area contributed by atoms with Crippen molar-refractivity contribution in [1.29, 1.82) is 0 Å². The topological polar surface area (TPSA) is 85.9 Å². The van der Waals surface area contributed by atoms with E-state index in [0.29, 0.717) is 50.7 Å². The van der Waals surface area contributed by atoms with Gasteiger partial charge in [0.15, 0.2) is 0 Å². The van der Waals surface area contributed by atoms with Crippen LogP contribution in [0.4, 0.5) is 4.39 Å². The molecular weight excluding hydrogens is 463 g/mol. The van der Waals surface area contributed by atoms with E-state index in [1.165, 1.54) is 12.1 Å². The summed E-state index contributed by atoms with van der Waals surface area (Å²) in [4.78, 5) is 25.7. The van der Waals surface area contributed by atoms with Gasteiger partial charge in [0.05, 0.1) is 23.8 Å². The highest BCUT2D eigenvalue weighted by atomic mass is 19.1. The maximum absolute atomic E-state index is 14.9. The van der Waals surface area contributed by atoms with Crippen LogP contribution < -0.4 is 15.4 Å². The minimum atomic E-state index is -0.558. The summed E-state index contributed by atoms with van der Waals surface area (Å²) in [6.45, 7) is 4.94. The fourth-order valence-corrected chi connectivity index (χ4v) is 5.23. The Kier molecular flexibility index (Phi) is 7.53. The van der Waals surface area contributed by atoms with E-state index in [0.717, 1.165) is 54.4 Å². The molecule has 0 radical (unpaired) electrons. The predicted molar refractivity (Wildman–Crippen MR) is 132 cm³/mol. The Morgan fingerprint density at radius 3 is 2.61 bits per heavy atom. The van der Waals surface area contributed by atoms with E-state index in [4.69, 9.17) is 14.2 Å². The van der Waals surface area contributed by atoms with E-state index in [-0.39, 0.29) is 23.6 Å². The average molecular weight is 497 g/mol. The van der Waals surface area contributed by atoms with Gasteiger partial charge in [0.1, 0.15) is 11.6 Å². The summed E-state index contributed by atoms with van der Waals surface area (Å²) < 4.78 is 31.7. The number of hydrogen-bond acceptors (Lipinski definition) is 5. The average Bonchev–Trinajstić information content (AvgIpc) is 3.58. The number of rotatable bonds is 7. The van der Waals surface area contributed by atoms with Gasteiger partial charge in [-0.15, -0.1) is 0 Å². The Labute approximate surface area is 210 Å². The molecule has 0 aromatic heterocycles. The molecule has 192 valence electrons. The highest BCUT2D eigenvalue weighted by molar-refractivity contribution is 5.98. The minimum absolute atomic E-state index is 0.000825. The van der Waals surface area contributed by atoms with Crippen LogP contribution in [0, 0.1) is 12.7 Å². The van der Waals surface area contributed by atoms with E-state index < -0.39 is 11.7 Å². The molecule has 36 heavy (non-hydrogen) atoms. The molecule has 0 aliphatic carbocycles. The first-order valence-electron chi connectivity index (χ1n) is 12.8. The standard InChI is InChI=1S/C28H33FN2O5/c1-17-19(13-18-4-5-23(25(29)14-18)27(32)30-16-21-3-2-9-35-21)15-24(26-22(17)8-12-36-26)28(33)31-20-6-10-34-11-7-20/h4-5,14-15,20-21H,2-3,6-13,16H2,1H3,(H,30,32)(H,31,33). The van der Waals surface area contributed by atoms with Gasteiger partial charge < -0.3 is 24.8 Å². The molecule has 2 saturated heterocycles. The second-order valence-corrected chi connectivity index (χ2v) is 9.81. The smallest absolute Gasteiger partial charge is 0.255 e. The van der Waals surface area contributed by atoms with Crippen LogP contribution in [0.15, 0.2) is 24.3 Å². The van der Waals surface area contributed by atoms with Crippen LogP contribution in [0.25, 0.3) is 0 Å². The van der Waals surface area contributed by atoms with Crippen molar-refractivity contribution in [2.24, 2.45) is 0 Å². The third-order valence-electron chi connectivity index (χ3n) is 7.36. The molecule has 1 unspecified atom stereocenters. The lowest BCUT2D eigenvalue weighted by Gasteiger charge is -2.24. The first-order chi connectivity index (χ1) is 17.5. The lowest BCUT2D eigenvalue weighted by molar-refractivity contribution is 0.0695. The summed E-state index contributed by atoms with van der Waals surface area (Å²) in [5.74, 6) is -0.486. The molecular formula is C28H33FN2O5. The zero-order chi connectivity index (χ0) is 25.1. The molecule has 2 fully saturated rings. The molecule has 2 aromatic rings. The summed E-state index contributed by atoms with van der Waals surface area (Å²) in [6, 6.07) is 6.66. The van der Waals surface area contributed by atoms with Crippen LogP contribution in [0.1, 0.15) is 68.7 Å². The van der Waals surface area contributed by atoms with Gasteiger partial charge in [-0.3, -0.25) is 9.59 Å². The molecule has 8 heteroatoms. The molecule has 3 heterocycles. The van der Waals surface area contributed by atoms with Crippen molar-refractivity contribution in [2.75, 3.05) is 33.0 Å². The zero-order valence-corrected chi connectivity index (χ0v) is 20.7. The molecule has 3 aliphatic rings. The van der Waals surface area contributed by atoms with Crippen LogP contribution in [0.5, 0.6) is 5.75 Å². The third-order valence-corrected chi connectivity index (χ3v) is 7.36. The normalized spacial score (nSPS) is 19.6. The van der Waals surface area contributed by atoms with Crippen molar-refractivity contribution in [3.05, 3.63) is 63.5 Å². The number of nitrogens with one attached hydrogen (secondary N) is 2. The van der Waals surface area contributed by atoms with Crippen molar-refractivity contribution in [3.8, 4) is 5.75 Å². The molecule has 7 nitrogen and oxygen atoms in total. The number of amides is 2.